The maximum atomic E-state index is 13.8. The van der Waals surface area contributed by atoms with Gasteiger partial charge in [-0.3, -0.25) is 0 Å². The highest BCUT2D eigenvalue weighted by Crippen LogP contribution is 2.64. The van der Waals surface area contributed by atoms with Crippen LogP contribution in [0.2, 0.25) is 0 Å². The first-order chi connectivity index (χ1) is 10.2. The highest BCUT2D eigenvalue weighted by atomic mass is 19.1. The molecule has 2 fully saturated rings. The van der Waals surface area contributed by atoms with E-state index >= 15 is 0 Å². The topological polar surface area (TPSA) is 18.5 Å². The zero-order valence-corrected chi connectivity index (χ0v) is 14.3. The molecule has 0 aromatic heterocycles. The molecule has 3 rings (SSSR count). The zero-order valence-electron chi connectivity index (χ0n) is 14.3. The van der Waals surface area contributed by atoms with Crippen LogP contribution in [0.15, 0.2) is 24.3 Å². The average molecular weight is 306 g/mol. The SMILES string of the molecule is CC(C)[C@@]12CC[C@@](C)(O1)[C@@H](OCc1ccccc1F)C2(C)C. The zero-order chi connectivity index (χ0) is 16.2. The fourth-order valence-electron chi connectivity index (χ4n) is 4.90. The summed E-state index contributed by atoms with van der Waals surface area (Å²) < 4.78 is 26.6. The summed E-state index contributed by atoms with van der Waals surface area (Å²) in [5.41, 5.74) is 0.128. The predicted octanol–water partition coefficient (Wildman–Crippen LogP) is 4.71. The van der Waals surface area contributed by atoms with Crippen molar-refractivity contribution in [1.82, 2.24) is 0 Å². The summed E-state index contributed by atoms with van der Waals surface area (Å²) in [7, 11) is 0. The van der Waals surface area contributed by atoms with E-state index in [2.05, 4.69) is 34.6 Å². The fourth-order valence-corrected chi connectivity index (χ4v) is 4.90. The molecule has 0 saturated carbocycles. The van der Waals surface area contributed by atoms with Gasteiger partial charge in [-0.2, -0.15) is 0 Å². The monoisotopic (exact) mass is 306 g/mol. The Morgan fingerprint density at radius 2 is 1.91 bits per heavy atom. The molecule has 122 valence electrons. The van der Waals surface area contributed by atoms with Gasteiger partial charge >= 0.3 is 0 Å². The summed E-state index contributed by atoms with van der Waals surface area (Å²) in [5, 5.41) is 0. The smallest absolute Gasteiger partial charge is 0.128 e. The predicted molar refractivity (Wildman–Crippen MR) is 85.1 cm³/mol. The van der Waals surface area contributed by atoms with Crippen LogP contribution >= 0.6 is 0 Å². The molecule has 0 unspecified atom stereocenters. The third kappa shape index (κ3) is 2.05. The van der Waals surface area contributed by atoms with Crippen molar-refractivity contribution in [2.24, 2.45) is 11.3 Å². The van der Waals surface area contributed by atoms with Crippen LogP contribution in [0.4, 0.5) is 4.39 Å². The van der Waals surface area contributed by atoms with Gasteiger partial charge in [0.05, 0.1) is 23.9 Å². The lowest BCUT2D eigenvalue weighted by Gasteiger charge is -2.46. The number of rotatable bonds is 4. The van der Waals surface area contributed by atoms with E-state index in [-0.39, 0.29) is 28.5 Å². The Hall–Kier alpha value is -0.930. The molecule has 2 aliphatic rings. The minimum absolute atomic E-state index is 0.0178. The summed E-state index contributed by atoms with van der Waals surface area (Å²) in [6.07, 6.45) is 2.07. The van der Waals surface area contributed by atoms with Crippen LogP contribution in [-0.4, -0.2) is 17.3 Å². The fraction of sp³-hybridized carbons (Fsp3) is 0.684. The normalized spacial score (nSPS) is 36.2. The molecule has 2 heterocycles. The molecule has 0 radical (unpaired) electrons. The second-order valence-corrected chi connectivity index (χ2v) is 7.96. The maximum Gasteiger partial charge on any atom is 0.128 e. The Morgan fingerprint density at radius 1 is 1.23 bits per heavy atom. The lowest BCUT2D eigenvalue weighted by atomic mass is 9.59. The van der Waals surface area contributed by atoms with Crippen LogP contribution in [0, 0.1) is 17.2 Å². The molecule has 2 saturated heterocycles. The molecule has 0 amide bonds. The van der Waals surface area contributed by atoms with E-state index in [0.717, 1.165) is 12.8 Å². The molecular weight excluding hydrogens is 279 g/mol. The third-order valence-electron chi connectivity index (χ3n) is 6.00. The van der Waals surface area contributed by atoms with Crippen LogP contribution in [0.1, 0.15) is 53.0 Å². The Labute approximate surface area is 133 Å². The van der Waals surface area contributed by atoms with Gasteiger partial charge in [-0.1, -0.05) is 45.9 Å². The van der Waals surface area contributed by atoms with E-state index in [0.29, 0.717) is 18.1 Å². The van der Waals surface area contributed by atoms with Crippen LogP contribution in [0.25, 0.3) is 0 Å². The molecule has 0 spiro atoms. The van der Waals surface area contributed by atoms with Crippen LogP contribution < -0.4 is 0 Å². The summed E-state index contributed by atoms with van der Waals surface area (Å²) in [4.78, 5) is 0. The van der Waals surface area contributed by atoms with Crippen LogP contribution in [-0.2, 0) is 16.1 Å². The van der Waals surface area contributed by atoms with Gasteiger partial charge in [-0.05, 0) is 31.7 Å². The average Bonchev–Trinajstić information content (AvgIpc) is 2.88. The highest BCUT2D eigenvalue weighted by Gasteiger charge is 2.70. The molecule has 0 aliphatic carbocycles. The number of fused-ring (bicyclic) bond motifs is 2. The van der Waals surface area contributed by atoms with Crippen molar-refractivity contribution < 1.29 is 13.9 Å². The number of hydrogen-bond donors (Lipinski definition) is 0. The molecule has 2 bridgehead atoms. The Kier molecular flexibility index (Phi) is 3.65. The summed E-state index contributed by atoms with van der Waals surface area (Å²) in [5.74, 6) is 0.236. The van der Waals surface area contributed by atoms with Gasteiger partial charge in [0.1, 0.15) is 5.82 Å². The molecule has 3 atom stereocenters. The number of hydrogen-bond acceptors (Lipinski definition) is 2. The van der Waals surface area contributed by atoms with E-state index in [1.165, 1.54) is 6.07 Å². The summed E-state index contributed by atoms with van der Waals surface area (Å²) in [6.45, 7) is 11.4. The van der Waals surface area contributed by atoms with Gasteiger partial charge in [0, 0.05) is 11.0 Å². The standard InChI is InChI=1S/C19H27FO2/c1-13(2)19-11-10-18(5,22-19)16(17(19,3)4)21-12-14-8-6-7-9-15(14)20/h6-9,13,16H,10-12H2,1-5H3/t16-,18+,19+/m0/s1. The first kappa shape index (κ1) is 15.9. The summed E-state index contributed by atoms with van der Waals surface area (Å²) in [6, 6.07) is 6.83. The Morgan fingerprint density at radius 3 is 2.50 bits per heavy atom. The van der Waals surface area contributed by atoms with Gasteiger partial charge in [0.2, 0.25) is 0 Å². The largest absolute Gasteiger partial charge is 0.370 e. The summed E-state index contributed by atoms with van der Waals surface area (Å²) >= 11 is 0. The van der Waals surface area contributed by atoms with Crippen molar-refractivity contribution >= 4 is 0 Å². The lowest BCUT2D eigenvalue weighted by Crippen LogP contribution is -2.53. The first-order valence-corrected chi connectivity index (χ1v) is 8.28. The Bertz CT molecular complexity index is 568. The van der Waals surface area contributed by atoms with E-state index in [1.807, 2.05) is 6.07 Å². The van der Waals surface area contributed by atoms with Crippen molar-refractivity contribution in [2.45, 2.75) is 71.4 Å². The molecular formula is C19H27FO2. The van der Waals surface area contributed by atoms with Crippen molar-refractivity contribution in [3.63, 3.8) is 0 Å². The Balaban J connectivity index is 1.84. The van der Waals surface area contributed by atoms with Crippen LogP contribution in [0.5, 0.6) is 0 Å². The van der Waals surface area contributed by atoms with E-state index in [9.17, 15) is 4.39 Å². The van der Waals surface area contributed by atoms with Gasteiger partial charge < -0.3 is 9.47 Å². The number of benzene rings is 1. The third-order valence-corrected chi connectivity index (χ3v) is 6.00. The van der Waals surface area contributed by atoms with Crippen molar-refractivity contribution in [3.8, 4) is 0 Å². The molecule has 0 N–H and O–H groups in total. The van der Waals surface area contributed by atoms with E-state index in [4.69, 9.17) is 9.47 Å². The quantitative estimate of drug-likeness (QED) is 0.801. The van der Waals surface area contributed by atoms with Gasteiger partial charge in [0.15, 0.2) is 0 Å². The van der Waals surface area contributed by atoms with Crippen molar-refractivity contribution in [2.75, 3.05) is 0 Å². The number of ether oxygens (including phenoxy) is 2. The minimum atomic E-state index is -0.265. The molecule has 1 aromatic rings. The molecule has 1 aromatic carbocycles. The second-order valence-electron chi connectivity index (χ2n) is 7.96. The first-order valence-electron chi connectivity index (χ1n) is 8.28. The molecule has 2 aliphatic heterocycles. The van der Waals surface area contributed by atoms with Crippen LogP contribution in [0.3, 0.4) is 0 Å². The maximum absolute atomic E-state index is 13.8. The van der Waals surface area contributed by atoms with Crippen molar-refractivity contribution in [3.05, 3.63) is 35.6 Å². The molecule has 3 heteroatoms. The second kappa shape index (κ2) is 5.04. The minimum Gasteiger partial charge on any atom is -0.370 e. The van der Waals surface area contributed by atoms with E-state index < -0.39 is 0 Å². The molecule has 22 heavy (non-hydrogen) atoms. The highest BCUT2D eigenvalue weighted by molar-refractivity contribution is 5.20. The van der Waals surface area contributed by atoms with Crippen molar-refractivity contribution in [1.29, 1.82) is 0 Å². The number of halogens is 1. The van der Waals surface area contributed by atoms with E-state index in [1.54, 1.807) is 12.1 Å². The van der Waals surface area contributed by atoms with Gasteiger partial charge in [-0.25, -0.2) is 4.39 Å². The molecule has 2 nitrogen and oxygen atoms in total. The van der Waals surface area contributed by atoms with Gasteiger partial charge in [0.25, 0.3) is 0 Å². The van der Waals surface area contributed by atoms with Gasteiger partial charge in [-0.15, -0.1) is 0 Å². The lowest BCUT2D eigenvalue weighted by molar-refractivity contribution is -0.0974.